The Kier molecular flexibility index (Phi) is 9.24. The van der Waals surface area contributed by atoms with Crippen molar-refractivity contribution >= 4 is 39.1 Å². The maximum Gasteiger partial charge on any atom is 0.244 e. The highest BCUT2D eigenvalue weighted by molar-refractivity contribution is 7.92. The zero-order valence-electron chi connectivity index (χ0n) is 20.3. The fourth-order valence-electron chi connectivity index (χ4n) is 3.44. The Morgan fingerprint density at radius 3 is 2.23 bits per heavy atom. The SMILES string of the molecule is CC[C@@H](C(=O)NC(C)(C)C)N(Cc1ccccc1Cl)C(=O)CN(c1ccc(F)c(F)c1)S(C)(=O)=O. The van der Waals surface area contributed by atoms with Crippen LogP contribution >= 0.6 is 11.6 Å². The summed E-state index contributed by atoms with van der Waals surface area (Å²) in [6.45, 7) is 6.33. The Labute approximate surface area is 210 Å². The summed E-state index contributed by atoms with van der Waals surface area (Å²) in [6, 6.07) is 8.38. The zero-order chi connectivity index (χ0) is 26.6. The molecular weight excluding hydrogens is 500 g/mol. The van der Waals surface area contributed by atoms with Gasteiger partial charge in [0.25, 0.3) is 0 Å². The van der Waals surface area contributed by atoms with Gasteiger partial charge < -0.3 is 10.2 Å². The van der Waals surface area contributed by atoms with E-state index in [1.165, 1.54) is 4.90 Å². The number of benzene rings is 2. The summed E-state index contributed by atoms with van der Waals surface area (Å²) in [5, 5.41) is 3.22. The van der Waals surface area contributed by atoms with E-state index in [0.29, 0.717) is 21.0 Å². The standard InChI is InChI=1S/C24H30ClF2N3O4S/c1-6-21(23(32)28-24(2,3)4)29(14-16-9-7-8-10-18(16)25)22(31)15-30(35(5,33)34)17-11-12-19(26)20(27)13-17/h7-13,21H,6,14-15H2,1-5H3,(H,28,32)/t21-/m0/s1. The van der Waals surface area contributed by atoms with Crippen molar-refractivity contribution in [2.24, 2.45) is 0 Å². The fourth-order valence-corrected chi connectivity index (χ4v) is 4.47. The molecule has 0 saturated heterocycles. The van der Waals surface area contributed by atoms with Crippen molar-refractivity contribution in [3.05, 3.63) is 64.7 Å². The van der Waals surface area contributed by atoms with Gasteiger partial charge in [0.15, 0.2) is 11.6 Å². The van der Waals surface area contributed by atoms with E-state index in [1.54, 1.807) is 52.0 Å². The van der Waals surface area contributed by atoms with Crippen molar-refractivity contribution < 1.29 is 26.8 Å². The molecule has 1 atom stereocenters. The highest BCUT2D eigenvalue weighted by Gasteiger charge is 2.33. The lowest BCUT2D eigenvalue weighted by Crippen LogP contribution is -2.55. The van der Waals surface area contributed by atoms with Crippen LogP contribution in [0.15, 0.2) is 42.5 Å². The Hall–Kier alpha value is -2.72. The predicted molar refractivity (Wildman–Crippen MR) is 133 cm³/mol. The second-order valence-electron chi connectivity index (χ2n) is 9.14. The quantitative estimate of drug-likeness (QED) is 0.529. The second kappa shape index (κ2) is 11.3. The van der Waals surface area contributed by atoms with Gasteiger partial charge in [-0.3, -0.25) is 13.9 Å². The molecular formula is C24H30ClF2N3O4S. The lowest BCUT2D eigenvalue weighted by atomic mass is 10.1. The number of carbonyl (C=O) groups excluding carboxylic acids is 2. The van der Waals surface area contributed by atoms with Crippen LogP contribution in [0, 0.1) is 11.6 Å². The molecule has 0 bridgehead atoms. The lowest BCUT2D eigenvalue weighted by Gasteiger charge is -2.34. The van der Waals surface area contributed by atoms with E-state index < -0.39 is 51.6 Å². The molecule has 1 N–H and O–H groups in total. The number of hydrogen-bond donors (Lipinski definition) is 1. The number of rotatable bonds is 9. The number of nitrogens with one attached hydrogen (secondary N) is 1. The predicted octanol–water partition coefficient (Wildman–Crippen LogP) is 4.11. The third kappa shape index (κ3) is 7.90. The molecule has 0 aliphatic rings. The molecule has 2 aromatic rings. The van der Waals surface area contributed by atoms with E-state index in [1.807, 2.05) is 0 Å². The number of sulfonamides is 1. The highest BCUT2D eigenvalue weighted by atomic mass is 35.5. The highest BCUT2D eigenvalue weighted by Crippen LogP contribution is 2.23. The van der Waals surface area contributed by atoms with E-state index in [2.05, 4.69) is 5.32 Å². The third-order valence-corrected chi connectivity index (χ3v) is 6.56. The molecule has 35 heavy (non-hydrogen) atoms. The first kappa shape index (κ1) is 28.5. The molecule has 0 heterocycles. The second-order valence-corrected chi connectivity index (χ2v) is 11.5. The minimum Gasteiger partial charge on any atom is -0.350 e. The first-order chi connectivity index (χ1) is 16.1. The molecule has 2 rings (SSSR count). The molecule has 0 aliphatic heterocycles. The number of amides is 2. The number of nitrogens with zero attached hydrogens (tertiary/aromatic N) is 2. The molecule has 0 aliphatic carbocycles. The Balaban J connectivity index is 2.49. The average Bonchev–Trinajstić information content (AvgIpc) is 2.73. The third-order valence-electron chi connectivity index (χ3n) is 5.05. The molecule has 7 nitrogen and oxygen atoms in total. The van der Waals surface area contributed by atoms with Gasteiger partial charge in [0, 0.05) is 23.2 Å². The van der Waals surface area contributed by atoms with Gasteiger partial charge in [-0.2, -0.15) is 0 Å². The number of carbonyl (C=O) groups is 2. The van der Waals surface area contributed by atoms with Crippen molar-refractivity contribution in [2.45, 2.75) is 52.2 Å². The van der Waals surface area contributed by atoms with Gasteiger partial charge in [-0.1, -0.05) is 36.7 Å². The summed E-state index contributed by atoms with van der Waals surface area (Å²) in [5.74, 6) is -3.54. The molecule has 0 aromatic heterocycles. The van der Waals surface area contributed by atoms with E-state index in [-0.39, 0.29) is 18.7 Å². The smallest absolute Gasteiger partial charge is 0.244 e. The summed E-state index contributed by atoms with van der Waals surface area (Å²) in [5.41, 5.74) is -0.235. The molecule has 0 spiro atoms. The van der Waals surface area contributed by atoms with Gasteiger partial charge in [-0.15, -0.1) is 0 Å². The van der Waals surface area contributed by atoms with Gasteiger partial charge >= 0.3 is 0 Å². The minimum atomic E-state index is -4.07. The fraction of sp³-hybridized carbons (Fsp3) is 0.417. The molecule has 0 unspecified atom stereocenters. The molecule has 11 heteroatoms. The van der Waals surface area contributed by atoms with Crippen molar-refractivity contribution in [3.63, 3.8) is 0 Å². The van der Waals surface area contributed by atoms with Crippen LogP contribution in [0.4, 0.5) is 14.5 Å². The molecule has 192 valence electrons. The van der Waals surface area contributed by atoms with Crippen LogP contribution in [-0.2, 0) is 26.2 Å². The number of hydrogen-bond acceptors (Lipinski definition) is 4. The first-order valence-electron chi connectivity index (χ1n) is 10.9. The molecule has 2 amide bonds. The molecule has 0 saturated carbocycles. The van der Waals surface area contributed by atoms with Crippen molar-refractivity contribution in [2.75, 3.05) is 17.1 Å². The summed E-state index contributed by atoms with van der Waals surface area (Å²) >= 11 is 6.29. The van der Waals surface area contributed by atoms with Crippen LogP contribution in [0.1, 0.15) is 39.7 Å². The maximum atomic E-state index is 13.8. The van der Waals surface area contributed by atoms with Crippen molar-refractivity contribution in [3.8, 4) is 0 Å². The van der Waals surface area contributed by atoms with Crippen LogP contribution in [0.2, 0.25) is 5.02 Å². The normalized spacial score (nSPS) is 12.7. The Morgan fingerprint density at radius 1 is 1.09 bits per heavy atom. The maximum absolute atomic E-state index is 13.8. The zero-order valence-corrected chi connectivity index (χ0v) is 21.9. The molecule has 2 aromatic carbocycles. The van der Waals surface area contributed by atoms with Gasteiger partial charge in [-0.25, -0.2) is 17.2 Å². The van der Waals surface area contributed by atoms with Crippen molar-refractivity contribution in [1.82, 2.24) is 10.2 Å². The summed E-state index contributed by atoms with van der Waals surface area (Å²) < 4.78 is 52.9. The van der Waals surface area contributed by atoms with E-state index in [9.17, 15) is 26.8 Å². The van der Waals surface area contributed by atoms with Crippen LogP contribution in [0.5, 0.6) is 0 Å². The van der Waals surface area contributed by atoms with Gasteiger partial charge in [0.2, 0.25) is 21.8 Å². The van der Waals surface area contributed by atoms with Crippen molar-refractivity contribution in [1.29, 1.82) is 0 Å². The summed E-state index contributed by atoms with van der Waals surface area (Å²) in [4.78, 5) is 27.9. The van der Waals surface area contributed by atoms with E-state index in [4.69, 9.17) is 11.6 Å². The molecule has 0 radical (unpaired) electrons. The average molecular weight is 530 g/mol. The number of halogens is 3. The van der Waals surface area contributed by atoms with Crippen LogP contribution in [-0.4, -0.2) is 49.5 Å². The van der Waals surface area contributed by atoms with Gasteiger partial charge in [0.05, 0.1) is 11.9 Å². The monoisotopic (exact) mass is 529 g/mol. The van der Waals surface area contributed by atoms with E-state index >= 15 is 0 Å². The summed E-state index contributed by atoms with van der Waals surface area (Å²) in [7, 11) is -4.07. The Morgan fingerprint density at radius 2 is 1.71 bits per heavy atom. The minimum absolute atomic E-state index is 0.0655. The number of anilines is 1. The van der Waals surface area contributed by atoms with Gasteiger partial charge in [-0.05, 0) is 51.0 Å². The summed E-state index contributed by atoms with van der Waals surface area (Å²) in [6.07, 6.45) is 1.09. The van der Waals surface area contributed by atoms with Gasteiger partial charge in [0.1, 0.15) is 12.6 Å². The van der Waals surface area contributed by atoms with Crippen LogP contribution in [0.3, 0.4) is 0 Å². The topological polar surface area (TPSA) is 86.8 Å². The molecule has 0 fully saturated rings. The van der Waals surface area contributed by atoms with Crippen LogP contribution < -0.4 is 9.62 Å². The first-order valence-corrected chi connectivity index (χ1v) is 13.1. The Bertz CT molecular complexity index is 1190. The van der Waals surface area contributed by atoms with E-state index in [0.717, 1.165) is 18.4 Å². The van der Waals surface area contributed by atoms with Crippen LogP contribution in [0.25, 0.3) is 0 Å². The largest absolute Gasteiger partial charge is 0.350 e. The lowest BCUT2D eigenvalue weighted by molar-refractivity contribution is -0.141.